The van der Waals surface area contributed by atoms with Gasteiger partial charge in [-0.2, -0.15) is 0 Å². The van der Waals surface area contributed by atoms with Gasteiger partial charge in [0.15, 0.2) is 0 Å². The summed E-state index contributed by atoms with van der Waals surface area (Å²) in [5.41, 5.74) is 6.03. The molecule has 2 heterocycles. The molecule has 1 aliphatic rings. The van der Waals surface area contributed by atoms with Gasteiger partial charge in [-0.05, 0) is 60.0 Å². The fourth-order valence-corrected chi connectivity index (χ4v) is 4.77. The molecule has 7 heteroatoms. The highest BCUT2D eigenvalue weighted by Gasteiger charge is 2.39. The topological polar surface area (TPSA) is 64.7 Å². The number of urea groups is 1. The number of methoxy groups -OCH3 is 1. The van der Waals surface area contributed by atoms with Crippen molar-refractivity contribution in [2.45, 2.75) is 25.9 Å². The highest BCUT2D eigenvalue weighted by molar-refractivity contribution is 5.97. The van der Waals surface area contributed by atoms with Crippen molar-refractivity contribution >= 4 is 28.4 Å². The van der Waals surface area contributed by atoms with Crippen LogP contribution in [0.5, 0.6) is 5.75 Å². The number of imidazole rings is 1. The lowest BCUT2D eigenvalue weighted by Gasteiger charge is -2.25. The van der Waals surface area contributed by atoms with E-state index in [1.54, 1.807) is 13.4 Å². The summed E-state index contributed by atoms with van der Waals surface area (Å²) in [6, 6.07) is 22.3. The van der Waals surface area contributed by atoms with Crippen LogP contribution >= 0.6 is 0 Å². The van der Waals surface area contributed by atoms with Gasteiger partial charge in [0.25, 0.3) is 0 Å². The number of rotatable bonds is 8. The summed E-state index contributed by atoms with van der Waals surface area (Å²) in [6.07, 6.45) is 2.78. The van der Waals surface area contributed by atoms with Crippen molar-refractivity contribution in [3.63, 3.8) is 0 Å². The van der Waals surface area contributed by atoms with Gasteiger partial charge in [-0.3, -0.25) is 4.90 Å². The van der Waals surface area contributed by atoms with Gasteiger partial charge in [-0.25, -0.2) is 9.78 Å². The first-order valence-electron chi connectivity index (χ1n) is 12.0. The molecule has 0 saturated carbocycles. The van der Waals surface area contributed by atoms with Gasteiger partial charge in [-0.15, -0.1) is 0 Å². The van der Waals surface area contributed by atoms with Gasteiger partial charge in [0.1, 0.15) is 5.75 Å². The molecule has 3 aromatic carbocycles. The highest BCUT2D eigenvalue weighted by Crippen LogP contribution is 2.37. The second-order valence-corrected chi connectivity index (χ2v) is 9.01. The van der Waals surface area contributed by atoms with Crippen molar-refractivity contribution in [2.24, 2.45) is 0 Å². The molecule has 1 N–H and O–H groups in total. The molecule has 7 nitrogen and oxygen atoms in total. The predicted molar refractivity (Wildman–Crippen MR) is 140 cm³/mol. The molecule has 0 spiro atoms. The van der Waals surface area contributed by atoms with E-state index in [1.165, 1.54) is 5.69 Å². The molecule has 0 bridgehead atoms. The third-order valence-electron chi connectivity index (χ3n) is 6.67. The fourth-order valence-electron chi connectivity index (χ4n) is 4.77. The van der Waals surface area contributed by atoms with E-state index in [-0.39, 0.29) is 12.1 Å². The highest BCUT2D eigenvalue weighted by atomic mass is 16.5. The minimum absolute atomic E-state index is 0.00291. The zero-order chi connectivity index (χ0) is 24.4. The van der Waals surface area contributed by atoms with Crippen molar-refractivity contribution in [1.82, 2.24) is 14.9 Å². The van der Waals surface area contributed by atoms with Crippen LogP contribution in [0.3, 0.4) is 0 Å². The lowest BCUT2D eigenvalue weighted by Crippen LogP contribution is -2.32. The molecule has 0 radical (unpaired) electrons. The standard InChI is InChI=1S/C28H31N5O2/c1-4-15-31(2)22-9-7-21(8-10-22)27-18-32(17-20-5-12-24(35-3)13-6-20)28(34)33(27)23-11-14-25-26(16-23)30-19-29-25/h5-14,16,19,27H,4,15,17-18H2,1-3H3,(H,29,30). The van der Waals surface area contributed by atoms with E-state index in [4.69, 9.17) is 4.74 Å². The Hall–Kier alpha value is -4.00. The number of amides is 2. The summed E-state index contributed by atoms with van der Waals surface area (Å²) >= 11 is 0. The van der Waals surface area contributed by atoms with Crippen molar-refractivity contribution in [1.29, 1.82) is 0 Å². The monoisotopic (exact) mass is 469 g/mol. The number of ether oxygens (including phenoxy) is 1. The number of aromatic amines is 1. The number of hydrogen-bond donors (Lipinski definition) is 1. The lowest BCUT2D eigenvalue weighted by atomic mass is 10.0. The lowest BCUT2D eigenvalue weighted by molar-refractivity contribution is 0.218. The Kier molecular flexibility index (Phi) is 6.31. The average molecular weight is 470 g/mol. The van der Waals surface area contributed by atoms with E-state index >= 15 is 0 Å². The zero-order valence-electron chi connectivity index (χ0n) is 20.4. The van der Waals surface area contributed by atoms with E-state index < -0.39 is 0 Å². The minimum atomic E-state index is -0.0911. The van der Waals surface area contributed by atoms with Crippen LogP contribution in [0.2, 0.25) is 0 Å². The summed E-state index contributed by atoms with van der Waals surface area (Å²) < 4.78 is 5.28. The number of benzene rings is 3. The third kappa shape index (κ3) is 4.54. The van der Waals surface area contributed by atoms with Crippen LogP contribution < -0.4 is 14.5 Å². The van der Waals surface area contributed by atoms with Gasteiger partial charge < -0.3 is 19.5 Å². The number of fused-ring (bicyclic) bond motifs is 1. The quantitative estimate of drug-likeness (QED) is 0.365. The van der Waals surface area contributed by atoms with Crippen LogP contribution in [0.4, 0.5) is 16.2 Å². The average Bonchev–Trinajstić information content (AvgIpc) is 3.48. The van der Waals surface area contributed by atoms with Gasteiger partial charge >= 0.3 is 6.03 Å². The third-order valence-corrected chi connectivity index (χ3v) is 6.67. The van der Waals surface area contributed by atoms with Crippen LogP contribution in [-0.4, -0.2) is 48.1 Å². The SMILES string of the molecule is CCCN(C)c1ccc(C2CN(Cc3ccc(OC)cc3)C(=O)N2c2ccc3nc[nH]c3c2)cc1. The largest absolute Gasteiger partial charge is 0.497 e. The fraction of sp³-hybridized carbons (Fsp3) is 0.286. The van der Waals surface area contributed by atoms with E-state index in [0.717, 1.165) is 46.6 Å². The molecule has 1 saturated heterocycles. The summed E-state index contributed by atoms with van der Waals surface area (Å²) in [4.78, 5) is 27.3. The summed E-state index contributed by atoms with van der Waals surface area (Å²) in [7, 11) is 3.77. The molecular weight excluding hydrogens is 438 g/mol. The van der Waals surface area contributed by atoms with Crippen molar-refractivity contribution < 1.29 is 9.53 Å². The molecule has 1 unspecified atom stereocenters. The summed E-state index contributed by atoms with van der Waals surface area (Å²) in [5.74, 6) is 0.807. The Bertz CT molecular complexity index is 1300. The van der Waals surface area contributed by atoms with Crippen molar-refractivity contribution in [3.05, 3.63) is 84.2 Å². The van der Waals surface area contributed by atoms with E-state index in [2.05, 4.69) is 53.1 Å². The predicted octanol–water partition coefficient (Wildman–Crippen LogP) is 5.60. The summed E-state index contributed by atoms with van der Waals surface area (Å²) in [6.45, 7) is 4.34. The molecule has 5 rings (SSSR count). The van der Waals surface area contributed by atoms with Crippen molar-refractivity contribution in [3.8, 4) is 5.75 Å². The summed E-state index contributed by atoms with van der Waals surface area (Å²) in [5, 5.41) is 0. The number of nitrogens with one attached hydrogen (secondary N) is 1. The van der Waals surface area contributed by atoms with Crippen LogP contribution in [0.15, 0.2) is 73.1 Å². The molecule has 4 aromatic rings. The smallest absolute Gasteiger partial charge is 0.325 e. The molecule has 2 amide bonds. The second kappa shape index (κ2) is 9.70. The first-order valence-corrected chi connectivity index (χ1v) is 12.0. The minimum Gasteiger partial charge on any atom is -0.497 e. The number of hydrogen-bond acceptors (Lipinski definition) is 4. The normalized spacial score (nSPS) is 15.7. The Morgan fingerprint density at radius 3 is 2.57 bits per heavy atom. The van der Waals surface area contributed by atoms with Gasteiger partial charge in [0, 0.05) is 38.1 Å². The van der Waals surface area contributed by atoms with E-state index in [9.17, 15) is 4.79 Å². The Morgan fingerprint density at radius 2 is 1.86 bits per heavy atom. The first kappa shape index (κ1) is 22.8. The van der Waals surface area contributed by atoms with E-state index in [0.29, 0.717) is 13.1 Å². The maximum absolute atomic E-state index is 13.7. The number of carbonyl (C=O) groups excluding carboxylic acids is 1. The number of anilines is 2. The number of H-pyrrole nitrogens is 1. The van der Waals surface area contributed by atoms with Crippen molar-refractivity contribution in [2.75, 3.05) is 37.0 Å². The second-order valence-electron chi connectivity index (χ2n) is 9.01. The van der Waals surface area contributed by atoms with E-state index in [1.807, 2.05) is 52.3 Å². The molecular formula is C28H31N5O2. The maximum atomic E-state index is 13.7. The Morgan fingerprint density at radius 1 is 1.09 bits per heavy atom. The molecule has 1 aromatic heterocycles. The first-order chi connectivity index (χ1) is 17.1. The van der Waals surface area contributed by atoms with Gasteiger partial charge in [0.2, 0.25) is 0 Å². The number of aromatic nitrogens is 2. The number of nitrogens with zero attached hydrogens (tertiary/aromatic N) is 4. The maximum Gasteiger partial charge on any atom is 0.325 e. The van der Waals surface area contributed by atoms with Gasteiger partial charge in [-0.1, -0.05) is 31.2 Å². The molecule has 1 atom stereocenters. The van der Waals surface area contributed by atoms with Crippen LogP contribution in [0.25, 0.3) is 11.0 Å². The molecule has 180 valence electrons. The van der Waals surface area contributed by atoms with Crippen LogP contribution in [-0.2, 0) is 6.54 Å². The molecule has 35 heavy (non-hydrogen) atoms. The Balaban J connectivity index is 1.47. The van der Waals surface area contributed by atoms with Gasteiger partial charge in [0.05, 0.1) is 30.5 Å². The molecule has 0 aliphatic carbocycles. The molecule has 1 fully saturated rings. The van der Waals surface area contributed by atoms with Crippen LogP contribution in [0.1, 0.15) is 30.5 Å². The number of carbonyl (C=O) groups is 1. The zero-order valence-corrected chi connectivity index (χ0v) is 20.4. The molecule has 1 aliphatic heterocycles. The Labute approximate surface area is 205 Å². The van der Waals surface area contributed by atoms with Crippen LogP contribution in [0, 0.1) is 0 Å².